The Morgan fingerprint density at radius 3 is 2.81 bits per heavy atom. The van der Waals surface area contributed by atoms with Crippen LogP contribution in [-0.4, -0.2) is 16.8 Å². The van der Waals surface area contributed by atoms with Gasteiger partial charge in [0.1, 0.15) is 0 Å². The van der Waals surface area contributed by atoms with Crippen LogP contribution in [0.1, 0.15) is 36.8 Å². The Morgan fingerprint density at radius 2 is 2.05 bits per heavy atom. The number of thioether (sulfide) groups is 1. The lowest BCUT2D eigenvalue weighted by molar-refractivity contribution is -0.120. The monoisotopic (exact) mass is 297 g/mol. The molecule has 1 aliphatic carbocycles. The first kappa shape index (κ1) is 14.0. The third-order valence-electron chi connectivity index (χ3n) is 3.77. The lowest BCUT2D eigenvalue weighted by Gasteiger charge is -2.24. The van der Waals surface area contributed by atoms with Crippen LogP contribution in [0, 0.1) is 17.2 Å². The molecule has 21 heavy (non-hydrogen) atoms. The highest BCUT2D eigenvalue weighted by atomic mass is 32.2. The minimum atomic E-state index is -0.0574. The number of carbonyl (C=O) groups excluding carboxylic acids is 1. The van der Waals surface area contributed by atoms with Crippen LogP contribution in [0.15, 0.2) is 34.3 Å². The van der Waals surface area contributed by atoms with E-state index in [1.165, 1.54) is 11.8 Å². The van der Waals surface area contributed by atoms with Gasteiger partial charge < -0.3 is 0 Å². The number of hydrogen-bond acceptors (Lipinski definition) is 4. The summed E-state index contributed by atoms with van der Waals surface area (Å²) in [5, 5.41) is 9.35. The summed E-state index contributed by atoms with van der Waals surface area (Å²) >= 11 is 1.48. The molecular formula is C16H15N3OS. The van der Waals surface area contributed by atoms with Gasteiger partial charge in [0.2, 0.25) is 0 Å². The van der Waals surface area contributed by atoms with E-state index >= 15 is 0 Å². The molecule has 2 aliphatic rings. The lowest BCUT2D eigenvalue weighted by Crippen LogP contribution is -2.30. The van der Waals surface area contributed by atoms with Crippen molar-refractivity contribution < 1.29 is 4.79 Å². The first-order valence-electron chi connectivity index (χ1n) is 7.08. The second-order valence-electron chi connectivity index (χ2n) is 5.23. The number of aliphatic imine (C=N–C) groups is 2. The molecule has 1 amide bonds. The average Bonchev–Trinajstić information content (AvgIpc) is 2.53. The van der Waals surface area contributed by atoms with Gasteiger partial charge in [0.25, 0.3) is 5.91 Å². The summed E-state index contributed by atoms with van der Waals surface area (Å²) in [6.45, 7) is 0. The molecule has 0 bridgehead atoms. The molecule has 1 aromatic carbocycles. The molecule has 0 spiro atoms. The molecule has 1 fully saturated rings. The summed E-state index contributed by atoms with van der Waals surface area (Å²) in [5.74, 6) is 0.624. The molecule has 106 valence electrons. The molecule has 1 unspecified atom stereocenters. The predicted molar refractivity (Wildman–Crippen MR) is 84.3 cm³/mol. The normalized spacial score (nSPS) is 21.1. The average molecular weight is 297 g/mol. The van der Waals surface area contributed by atoms with Crippen LogP contribution in [0.2, 0.25) is 0 Å². The van der Waals surface area contributed by atoms with E-state index in [0.717, 1.165) is 37.0 Å². The van der Waals surface area contributed by atoms with Crippen LogP contribution in [-0.2, 0) is 10.5 Å². The number of amidine groups is 1. The highest BCUT2D eigenvalue weighted by Gasteiger charge is 2.30. The standard InChI is InChI=1S/C16H15N3OS/c17-9-11-5-7-12(8-6-11)10-21-16-18-14-4-2-1-3-13(14)15(20)19-16/h5-8,13H,1-4,10H2. The maximum Gasteiger partial charge on any atom is 0.256 e. The molecule has 1 atom stereocenters. The molecule has 1 aliphatic heterocycles. The fraction of sp³-hybridized carbons (Fsp3) is 0.375. The van der Waals surface area contributed by atoms with Crippen molar-refractivity contribution in [3.8, 4) is 6.07 Å². The van der Waals surface area contributed by atoms with Crippen LogP contribution >= 0.6 is 11.8 Å². The zero-order valence-electron chi connectivity index (χ0n) is 11.6. The summed E-state index contributed by atoms with van der Waals surface area (Å²) in [4.78, 5) is 20.7. The number of rotatable bonds is 2. The molecule has 3 rings (SSSR count). The van der Waals surface area contributed by atoms with E-state index in [1.54, 1.807) is 12.1 Å². The second-order valence-corrected chi connectivity index (χ2v) is 6.17. The van der Waals surface area contributed by atoms with Crippen molar-refractivity contribution in [3.63, 3.8) is 0 Å². The zero-order valence-corrected chi connectivity index (χ0v) is 12.4. The Kier molecular flexibility index (Phi) is 4.16. The van der Waals surface area contributed by atoms with E-state index < -0.39 is 0 Å². The Hall–Kier alpha value is -1.93. The van der Waals surface area contributed by atoms with Gasteiger partial charge in [0.15, 0.2) is 5.17 Å². The maximum atomic E-state index is 12.0. The smallest absolute Gasteiger partial charge is 0.256 e. The molecule has 1 saturated carbocycles. The van der Waals surface area contributed by atoms with Gasteiger partial charge in [-0.1, -0.05) is 30.3 Å². The van der Waals surface area contributed by atoms with E-state index in [2.05, 4.69) is 16.1 Å². The van der Waals surface area contributed by atoms with Crippen LogP contribution < -0.4 is 0 Å². The molecule has 0 N–H and O–H groups in total. The van der Waals surface area contributed by atoms with Gasteiger partial charge in [0.05, 0.1) is 17.6 Å². The third kappa shape index (κ3) is 3.22. The zero-order chi connectivity index (χ0) is 14.7. The van der Waals surface area contributed by atoms with E-state index in [9.17, 15) is 4.79 Å². The Bertz CT molecular complexity index is 655. The number of fused-ring (bicyclic) bond motifs is 1. The van der Waals surface area contributed by atoms with Gasteiger partial charge in [-0.25, -0.2) is 4.99 Å². The molecule has 0 saturated heterocycles. The maximum absolute atomic E-state index is 12.0. The Balaban J connectivity index is 1.66. The topological polar surface area (TPSA) is 65.6 Å². The summed E-state index contributed by atoms with van der Waals surface area (Å²) in [7, 11) is 0. The molecule has 1 heterocycles. The molecule has 5 heteroatoms. The van der Waals surface area contributed by atoms with E-state index in [4.69, 9.17) is 5.26 Å². The largest absolute Gasteiger partial charge is 0.272 e. The number of carbonyl (C=O) groups is 1. The molecule has 0 radical (unpaired) electrons. The van der Waals surface area contributed by atoms with Crippen molar-refractivity contribution in [2.24, 2.45) is 15.9 Å². The third-order valence-corrected chi connectivity index (χ3v) is 4.69. The van der Waals surface area contributed by atoms with Crippen LogP contribution in [0.25, 0.3) is 0 Å². The fourth-order valence-electron chi connectivity index (χ4n) is 2.60. The number of amides is 1. The summed E-state index contributed by atoms with van der Waals surface area (Å²) < 4.78 is 0. The van der Waals surface area contributed by atoms with Gasteiger partial charge in [-0.05, 0) is 37.0 Å². The first-order chi connectivity index (χ1) is 10.3. The van der Waals surface area contributed by atoms with Crippen molar-refractivity contribution in [2.45, 2.75) is 31.4 Å². The second kappa shape index (κ2) is 6.23. The summed E-state index contributed by atoms with van der Waals surface area (Å²) in [6.07, 6.45) is 4.04. The summed E-state index contributed by atoms with van der Waals surface area (Å²) in [5.41, 5.74) is 2.77. The van der Waals surface area contributed by atoms with Crippen molar-refractivity contribution >= 4 is 28.5 Å². The van der Waals surface area contributed by atoms with Crippen LogP contribution in [0.5, 0.6) is 0 Å². The lowest BCUT2D eigenvalue weighted by atomic mass is 9.86. The van der Waals surface area contributed by atoms with E-state index in [-0.39, 0.29) is 11.8 Å². The quantitative estimate of drug-likeness (QED) is 0.841. The Labute approximate surface area is 128 Å². The summed E-state index contributed by atoms with van der Waals surface area (Å²) in [6, 6.07) is 9.54. The molecule has 4 nitrogen and oxygen atoms in total. The molecule has 1 aromatic rings. The van der Waals surface area contributed by atoms with Crippen LogP contribution in [0.4, 0.5) is 0 Å². The van der Waals surface area contributed by atoms with Gasteiger partial charge in [-0.3, -0.25) is 4.79 Å². The molecular weight excluding hydrogens is 282 g/mol. The van der Waals surface area contributed by atoms with Crippen molar-refractivity contribution in [2.75, 3.05) is 0 Å². The number of benzene rings is 1. The fourth-order valence-corrected chi connectivity index (χ4v) is 3.43. The van der Waals surface area contributed by atoms with Gasteiger partial charge in [0, 0.05) is 11.5 Å². The minimum Gasteiger partial charge on any atom is -0.272 e. The van der Waals surface area contributed by atoms with Crippen molar-refractivity contribution in [1.82, 2.24) is 0 Å². The first-order valence-corrected chi connectivity index (χ1v) is 8.06. The van der Waals surface area contributed by atoms with Gasteiger partial charge in [-0.2, -0.15) is 10.3 Å². The van der Waals surface area contributed by atoms with E-state index in [0.29, 0.717) is 16.5 Å². The van der Waals surface area contributed by atoms with Gasteiger partial charge >= 0.3 is 0 Å². The molecule has 0 aromatic heterocycles. The van der Waals surface area contributed by atoms with Crippen molar-refractivity contribution in [3.05, 3.63) is 35.4 Å². The number of nitrogens with zero attached hydrogens (tertiary/aromatic N) is 3. The highest BCUT2D eigenvalue weighted by molar-refractivity contribution is 8.13. The Morgan fingerprint density at radius 1 is 1.24 bits per heavy atom. The van der Waals surface area contributed by atoms with Crippen LogP contribution in [0.3, 0.4) is 0 Å². The van der Waals surface area contributed by atoms with Gasteiger partial charge in [-0.15, -0.1) is 0 Å². The van der Waals surface area contributed by atoms with E-state index in [1.807, 2.05) is 12.1 Å². The SMILES string of the molecule is N#Cc1ccc(CSC2=NC(=O)C3CCCCC3=N2)cc1. The predicted octanol–water partition coefficient (Wildman–Crippen LogP) is 3.32. The highest BCUT2D eigenvalue weighted by Crippen LogP contribution is 2.28. The number of nitriles is 1. The minimum absolute atomic E-state index is 0.0259. The number of hydrogen-bond donors (Lipinski definition) is 0. The van der Waals surface area contributed by atoms with Crippen molar-refractivity contribution in [1.29, 1.82) is 5.26 Å².